The van der Waals surface area contributed by atoms with Gasteiger partial charge in [0.1, 0.15) is 0 Å². The van der Waals surface area contributed by atoms with Crippen LogP contribution in [0, 0.1) is 6.92 Å². The highest BCUT2D eigenvalue weighted by molar-refractivity contribution is 5.45. The lowest BCUT2D eigenvalue weighted by Crippen LogP contribution is -2.25. The Morgan fingerprint density at radius 1 is 1.14 bits per heavy atom. The molecule has 1 aromatic carbocycles. The number of fused-ring (bicyclic) bond motifs is 1. The fourth-order valence-electron chi connectivity index (χ4n) is 1.56. The van der Waals surface area contributed by atoms with Crippen molar-refractivity contribution in [3.8, 4) is 0 Å². The molecule has 0 aliphatic heterocycles. The molecule has 0 bridgehead atoms. The van der Waals surface area contributed by atoms with Gasteiger partial charge in [0.2, 0.25) is 0 Å². The Hall–Kier alpha value is -1.30. The number of allylic oxidation sites excluding steroid dienone is 2. The molecule has 1 aromatic rings. The Morgan fingerprint density at radius 3 is 2.71 bits per heavy atom. The molecule has 0 heteroatoms. The zero-order valence-electron chi connectivity index (χ0n) is 9.25. The highest BCUT2D eigenvalue weighted by Gasteiger charge is 1.90. The third-order valence-corrected chi connectivity index (χ3v) is 2.23. The number of benzene rings is 1. The predicted molar refractivity (Wildman–Crippen MR) is 64.5 cm³/mol. The Kier molecular flexibility index (Phi) is 4.18. The summed E-state index contributed by atoms with van der Waals surface area (Å²) in [6.45, 7) is 6.16. The van der Waals surface area contributed by atoms with Crippen molar-refractivity contribution in [2.45, 2.75) is 27.2 Å². The lowest BCUT2D eigenvalue weighted by molar-refractivity contribution is 1.35. The van der Waals surface area contributed by atoms with Crippen LogP contribution >= 0.6 is 0 Å². The normalized spacial score (nSPS) is 12.5. The fourth-order valence-corrected chi connectivity index (χ4v) is 1.56. The van der Waals surface area contributed by atoms with Crippen molar-refractivity contribution in [1.29, 1.82) is 0 Å². The van der Waals surface area contributed by atoms with Crippen LogP contribution in [-0.2, 0) is 0 Å². The van der Waals surface area contributed by atoms with Crippen molar-refractivity contribution in [1.82, 2.24) is 0 Å². The summed E-state index contributed by atoms with van der Waals surface area (Å²) in [7, 11) is 0. The first-order valence-electron chi connectivity index (χ1n) is 5.30. The van der Waals surface area contributed by atoms with Crippen molar-refractivity contribution in [2.24, 2.45) is 0 Å². The molecule has 0 amide bonds. The molecule has 1 aliphatic rings. The zero-order valence-corrected chi connectivity index (χ0v) is 9.25. The second-order valence-corrected chi connectivity index (χ2v) is 3.11. The summed E-state index contributed by atoms with van der Waals surface area (Å²) in [6.07, 6.45) is 9.81. The second-order valence-electron chi connectivity index (χ2n) is 3.11. The van der Waals surface area contributed by atoms with Gasteiger partial charge in [0, 0.05) is 0 Å². The minimum Gasteiger partial charge on any atom is -0.0807 e. The van der Waals surface area contributed by atoms with Crippen molar-refractivity contribution in [3.05, 3.63) is 46.4 Å². The van der Waals surface area contributed by atoms with Gasteiger partial charge in [-0.3, -0.25) is 0 Å². The van der Waals surface area contributed by atoms with E-state index in [1.807, 2.05) is 13.8 Å². The molecule has 0 saturated heterocycles. The van der Waals surface area contributed by atoms with Gasteiger partial charge in [0.15, 0.2) is 0 Å². The summed E-state index contributed by atoms with van der Waals surface area (Å²) >= 11 is 0. The van der Waals surface area contributed by atoms with E-state index in [4.69, 9.17) is 0 Å². The van der Waals surface area contributed by atoms with Crippen LogP contribution < -0.4 is 10.4 Å². The van der Waals surface area contributed by atoms with E-state index >= 15 is 0 Å². The van der Waals surface area contributed by atoms with Gasteiger partial charge in [-0.05, 0) is 29.3 Å². The molecule has 0 aromatic heterocycles. The molecular formula is C14H18. The number of aryl methyl sites for hydroxylation is 1. The predicted octanol–water partition coefficient (Wildman–Crippen LogP) is 2.54. The minimum absolute atomic E-state index is 1.05. The maximum atomic E-state index is 2.28. The van der Waals surface area contributed by atoms with E-state index in [9.17, 15) is 0 Å². The van der Waals surface area contributed by atoms with Gasteiger partial charge >= 0.3 is 0 Å². The average molecular weight is 186 g/mol. The first-order chi connectivity index (χ1) is 6.88. The van der Waals surface area contributed by atoms with Gasteiger partial charge in [-0.1, -0.05) is 56.4 Å². The Bertz CT molecular complexity index is 422. The van der Waals surface area contributed by atoms with E-state index in [0.717, 1.165) is 6.42 Å². The van der Waals surface area contributed by atoms with Gasteiger partial charge in [-0.2, -0.15) is 0 Å². The van der Waals surface area contributed by atoms with E-state index in [1.165, 1.54) is 16.0 Å². The number of rotatable bonds is 0. The molecule has 0 fully saturated rings. The second kappa shape index (κ2) is 5.43. The van der Waals surface area contributed by atoms with Crippen LogP contribution in [0.15, 0.2) is 30.4 Å². The van der Waals surface area contributed by atoms with Gasteiger partial charge in [-0.15, -0.1) is 0 Å². The third kappa shape index (κ3) is 2.35. The van der Waals surface area contributed by atoms with Crippen LogP contribution in [0.25, 0.3) is 12.2 Å². The van der Waals surface area contributed by atoms with Crippen molar-refractivity contribution in [2.75, 3.05) is 0 Å². The standard InChI is InChI=1S/C12H12.C2H6/c1-10-6-5-8-11-7-3-2-4-9-12(10)11;1-2/h2-3,5-9H,4H2,1H3;1-2H3. The molecular weight excluding hydrogens is 168 g/mol. The van der Waals surface area contributed by atoms with Gasteiger partial charge in [-0.25, -0.2) is 0 Å². The van der Waals surface area contributed by atoms with Crippen LogP contribution in [0.2, 0.25) is 0 Å². The summed E-state index contributed by atoms with van der Waals surface area (Å²) in [5.41, 5.74) is 1.37. The topological polar surface area (TPSA) is 0 Å². The Labute approximate surface area is 86.3 Å². The largest absolute Gasteiger partial charge is 0.0807 e. The molecule has 74 valence electrons. The zero-order chi connectivity index (χ0) is 10.4. The van der Waals surface area contributed by atoms with Crippen LogP contribution in [0.1, 0.15) is 25.8 Å². The van der Waals surface area contributed by atoms with Gasteiger partial charge in [0.05, 0.1) is 0 Å². The van der Waals surface area contributed by atoms with E-state index in [1.54, 1.807) is 0 Å². The SMILES string of the molecule is CC.Cc1cccc2c1=CCC=CC=2. The monoisotopic (exact) mass is 186 g/mol. The molecule has 0 heterocycles. The van der Waals surface area contributed by atoms with E-state index in [0.29, 0.717) is 0 Å². The molecule has 0 spiro atoms. The average Bonchev–Trinajstić information content (AvgIpc) is 2.47. The lowest BCUT2D eigenvalue weighted by atomic mass is 10.1. The molecule has 0 unspecified atom stereocenters. The summed E-state index contributed by atoms with van der Waals surface area (Å²) in [5, 5.41) is 2.73. The third-order valence-electron chi connectivity index (χ3n) is 2.23. The molecule has 1 aliphatic carbocycles. The highest BCUT2D eigenvalue weighted by Crippen LogP contribution is 1.91. The molecule has 0 N–H and O–H groups in total. The lowest BCUT2D eigenvalue weighted by Gasteiger charge is -1.93. The quantitative estimate of drug-likeness (QED) is 0.584. The number of hydrogen-bond acceptors (Lipinski definition) is 0. The molecule has 0 radical (unpaired) electrons. The Morgan fingerprint density at radius 2 is 1.93 bits per heavy atom. The maximum absolute atomic E-state index is 2.28. The first-order valence-corrected chi connectivity index (χ1v) is 5.30. The van der Waals surface area contributed by atoms with Crippen LogP contribution in [-0.4, -0.2) is 0 Å². The first kappa shape index (κ1) is 10.8. The summed E-state index contributed by atoms with van der Waals surface area (Å²) < 4.78 is 0. The molecule has 2 rings (SSSR count). The molecule has 0 saturated carbocycles. The van der Waals surface area contributed by atoms with E-state index < -0.39 is 0 Å². The summed E-state index contributed by atoms with van der Waals surface area (Å²) in [4.78, 5) is 0. The summed E-state index contributed by atoms with van der Waals surface area (Å²) in [5.74, 6) is 0. The molecule has 14 heavy (non-hydrogen) atoms. The van der Waals surface area contributed by atoms with Gasteiger partial charge in [0.25, 0.3) is 0 Å². The highest BCUT2D eigenvalue weighted by atomic mass is 14.0. The smallest absolute Gasteiger partial charge is 0.0157 e. The van der Waals surface area contributed by atoms with Crippen molar-refractivity contribution < 1.29 is 0 Å². The summed E-state index contributed by atoms with van der Waals surface area (Å²) in [6, 6.07) is 6.43. The maximum Gasteiger partial charge on any atom is -0.0157 e. The Balaban J connectivity index is 0.000000461. The van der Waals surface area contributed by atoms with Crippen LogP contribution in [0.5, 0.6) is 0 Å². The van der Waals surface area contributed by atoms with Crippen molar-refractivity contribution >= 4 is 12.2 Å². The number of hydrogen-bond donors (Lipinski definition) is 0. The van der Waals surface area contributed by atoms with E-state index in [-0.39, 0.29) is 0 Å². The minimum atomic E-state index is 1.05. The van der Waals surface area contributed by atoms with Crippen LogP contribution in [0.4, 0.5) is 0 Å². The van der Waals surface area contributed by atoms with Crippen LogP contribution in [0.3, 0.4) is 0 Å². The van der Waals surface area contributed by atoms with E-state index in [2.05, 4.69) is 49.4 Å². The molecule has 0 atom stereocenters. The van der Waals surface area contributed by atoms with Gasteiger partial charge < -0.3 is 0 Å². The van der Waals surface area contributed by atoms with Crippen molar-refractivity contribution in [3.63, 3.8) is 0 Å². The molecule has 0 nitrogen and oxygen atoms in total. The fraction of sp³-hybridized carbons (Fsp3) is 0.286.